The minimum absolute atomic E-state index is 0.0664. The Morgan fingerprint density at radius 1 is 1.33 bits per heavy atom. The number of hydrogen-bond acceptors (Lipinski definition) is 13. The molecule has 5 rings (SSSR count). The van der Waals surface area contributed by atoms with Gasteiger partial charge in [-0.05, 0) is 69.8 Å². The van der Waals surface area contributed by atoms with Crippen LogP contribution in [0.5, 0.6) is 5.75 Å². The van der Waals surface area contributed by atoms with Gasteiger partial charge in [0.15, 0.2) is 24.0 Å². The molecule has 1 saturated heterocycles. The van der Waals surface area contributed by atoms with Crippen molar-refractivity contribution in [1.82, 2.24) is 20.0 Å². The summed E-state index contributed by atoms with van der Waals surface area (Å²) in [5, 5.41) is 18.5. The summed E-state index contributed by atoms with van der Waals surface area (Å²) in [6.45, 7) is 5.38. The van der Waals surface area contributed by atoms with Crippen molar-refractivity contribution in [2.75, 3.05) is 12.3 Å². The number of hydrogen-bond donors (Lipinski definition) is 5. The number of aliphatic carboxylic acids is 1. The molecule has 0 radical (unpaired) electrons. The number of thiazole rings is 1. The van der Waals surface area contributed by atoms with E-state index < -0.39 is 57.2 Å². The molecule has 0 bridgehead atoms. The van der Waals surface area contributed by atoms with Gasteiger partial charge in [-0.15, -0.1) is 20.3 Å². The molecule has 20 heteroatoms. The Kier molecular flexibility index (Phi) is 9.72. The summed E-state index contributed by atoms with van der Waals surface area (Å²) >= 11 is 0.973. The van der Waals surface area contributed by atoms with Gasteiger partial charge in [-0.25, -0.2) is 9.78 Å². The van der Waals surface area contributed by atoms with E-state index in [1.807, 2.05) is 36.3 Å². The molecule has 18 nitrogen and oxygen atoms in total. The molecule has 1 aromatic carbocycles. The summed E-state index contributed by atoms with van der Waals surface area (Å²) < 4.78 is 45.9. The van der Waals surface area contributed by atoms with Gasteiger partial charge in [0.25, 0.3) is 17.4 Å². The van der Waals surface area contributed by atoms with Crippen LogP contribution < -0.4 is 26.2 Å². The normalized spacial score (nSPS) is 20.1. The van der Waals surface area contributed by atoms with Gasteiger partial charge in [-0.1, -0.05) is 11.2 Å². The number of nitrogen functional groups attached to an aromatic ring is 1. The summed E-state index contributed by atoms with van der Waals surface area (Å²) in [4.78, 5) is 48.4. The predicted octanol–water partition coefficient (Wildman–Crippen LogP) is 0.165. The van der Waals surface area contributed by atoms with Crippen molar-refractivity contribution < 1.29 is 51.0 Å². The maximum Gasteiger partial charge on any atom is 0.418 e. The number of fused-ring (bicyclic) bond motifs is 1. The molecule has 7 N–H and O–H groups in total. The van der Waals surface area contributed by atoms with E-state index >= 15 is 0 Å². The number of β-lactam (4-membered cyclic amide) rings is 1. The lowest BCUT2D eigenvalue weighted by molar-refractivity contribution is -0.753. The predicted molar refractivity (Wildman–Crippen MR) is 173 cm³/mol. The first-order valence-electron chi connectivity index (χ1n) is 15.0. The first-order chi connectivity index (χ1) is 22.9. The number of anilines is 1. The van der Waals surface area contributed by atoms with Crippen molar-refractivity contribution in [2.24, 2.45) is 17.9 Å². The molecule has 3 unspecified atom stereocenters. The zero-order valence-electron chi connectivity index (χ0n) is 27.0. The summed E-state index contributed by atoms with van der Waals surface area (Å²) in [7, 11) is -3.08. The fraction of sp³-hybridized carbons (Fsp3) is 0.448. The number of ether oxygens (including phenoxy) is 1. The highest BCUT2D eigenvalue weighted by Gasteiger charge is 2.58. The van der Waals surface area contributed by atoms with Gasteiger partial charge in [0.2, 0.25) is 6.20 Å². The Morgan fingerprint density at radius 2 is 2.06 bits per heavy atom. The largest absolute Gasteiger partial charge is 0.485 e. The van der Waals surface area contributed by atoms with E-state index in [1.165, 1.54) is 26.2 Å². The quantitative estimate of drug-likeness (QED) is 0.0519. The van der Waals surface area contributed by atoms with Crippen molar-refractivity contribution in [1.29, 1.82) is 0 Å². The molecule has 3 atom stereocenters. The highest BCUT2D eigenvalue weighted by Crippen LogP contribution is 2.37. The lowest BCUT2D eigenvalue weighted by Crippen LogP contribution is -2.76. The first-order valence-corrected chi connectivity index (χ1v) is 17.3. The van der Waals surface area contributed by atoms with E-state index in [0.29, 0.717) is 23.8 Å². The second kappa shape index (κ2) is 13.3. The number of carbonyl (C=O) groups excluding carboxylic acids is 2. The van der Waals surface area contributed by atoms with Crippen molar-refractivity contribution in [3.63, 3.8) is 0 Å². The zero-order chi connectivity index (χ0) is 35.9. The third-order valence-electron chi connectivity index (χ3n) is 8.42. The Bertz CT molecular complexity index is 1920. The number of nitrogens with two attached hydrogens (primary N) is 2. The monoisotopic (exact) mass is 721 g/mol. The maximum absolute atomic E-state index is 13.5. The molecular formula is C29H37N8O10S2+. The van der Waals surface area contributed by atoms with Gasteiger partial charge in [-0.2, -0.15) is 18.2 Å². The van der Waals surface area contributed by atoms with Crippen molar-refractivity contribution in [3.05, 3.63) is 47.2 Å². The Morgan fingerprint density at radius 3 is 2.67 bits per heavy atom. The van der Waals surface area contributed by atoms with E-state index in [4.69, 9.17) is 25.6 Å². The lowest BCUT2D eigenvalue weighted by Gasteiger charge is -2.50. The average molecular weight is 722 g/mol. The standard InChI is InChI=1S/C29H36N8O10S2/c1-28(2)23(25(39)37(28)47-49(42,43)44)33-24(38)22(19-15-48-27(31)32-19)34-46-29(3,26(40)41)21-9-7-17-12-16(6-8-20(17)45-21)18-13-35(4)36(14-18)11-5-10-30/h6,8,12-15,21,23H,5,7,9-11,30H2,1-4H3,(H4-,31,32,33,38,40,41,42,43,44)/p+1/b34-22-. The number of carbonyl (C=O) groups is 3. The molecule has 1 fully saturated rings. The number of carboxylic acids is 1. The Labute approximate surface area is 285 Å². The fourth-order valence-corrected chi connectivity index (χ4v) is 6.54. The molecule has 0 aliphatic carbocycles. The summed E-state index contributed by atoms with van der Waals surface area (Å²) in [5.74, 6) is -2.94. The SMILES string of the molecule is C[n+]1cc(-c2ccc3c(c2)CCC(C(C)(O/N=C(\C(=O)NC2C(=O)N(OS(=O)(=O)O)C2(C)C)c2csc(N)n2)C(=O)O)O3)cn1CCCN. The summed E-state index contributed by atoms with van der Waals surface area (Å²) in [6, 6.07) is 4.31. The van der Waals surface area contributed by atoms with E-state index in [-0.39, 0.29) is 17.2 Å². The Hall–Kier alpha value is -4.63. The summed E-state index contributed by atoms with van der Waals surface area (Å²) in [6.07, 6.45) is 4.54. The van der Waals surface area contributed by atoms with Crippen LogP contribution >= 0.6 is 11.3 Å². The van der Waals surface area contributed by atoms with Crippen LogP contribution in [0.1, 0.15) is 44.9 Å². The number of amides is 2. The molecule has 2 aliphatic rings. The van der Waals surface area contributed by atoms with Crippen LogP contribution in [0.25, 0.3) is 11.1 Å². The van der Waals surface area contributed by atoms with Crippen LogP contribution in [-0.4, -0.2) is 86.1 Å². The number of oxime groups is 1. The minimum Gasteiger partial charge on any atom is -0.485 e. The van der Waals surface area contributed by atoms with Crippen LogP contribution in [0, 0.1) is 0 Å². The van der Waals surface area contributed by atoms with E-state index in [2.05, 4.69) is 24.4 Å². The third kappa shape index (κ3) is 7.22. The van der Waals surface area contributed by atoms with Crippen LogP contribution in [0.4, 0.5) is 5.13 Å². The number of rotatable bonds is 13. The number of hydroxylamine groups is 2. The molecule has 3 aromatic rings. The number of nitrogens with one attached hydrogen (secondary N) is 1. The average Bonchev–Trinajstić information content (AvgIpc) is 3.64. The van der Waals surface area contributed by atoms with Crippen LogP contribution in [0.3, 0.4) is 0 Å². The fourth-order valence-electron chi connectivity index (χ4n) is 5.54. The molecular weight excluding hydrogens is 684 g/mol. The van der Waals surface area contributed by atoms with Crippen LogP contribution in [-0.2, 0) is 53.9 Å². The first kappa shape index (κ1) is 35.7. The minimum atomic E-state index is -5.02. The van der Waals surface area contributed by atoms with Gasteiger partial charge in [-0.3, -0.25) is 14.1 Å². The van der Waals surface area contributed by atoms with Crippen molar-refractivity contribution in [2.45, 2.75) is 69.9 Å². The van der Waals surface area contributed by atoms with Gasteiger partial charge in [0.05, 0.1) is 23.8 Å². The maximum atomic E-state index is 13.5. The molecule has 2 amide bonds. The van der Waals surface area contributed by atoms with Gasteiger partial charge >= 0.3 is 16.4 Å². The van der Waals surface area contributed by atoms with Gasteiger partial charge in [0.1, 0.15) is 17.5 Å². The Balaban J connectivity index is 1.36. The smallest absolute Gasteiger partial charge is 0.418 e. The van der Waals surface area contributed by atoms with Gasteiger partial charge in [0, 0.05) is 5.38 Å². The topological polar surface area (TPSA) is 255 Å². The lowest BCUT2D eigenvalue weighted by atomic mass is 9.84. The second-order valence-electron chi connectivity index (χ2n) is 12.3. The highest BCUT2D eigenvalue weighted by molar-refractivity contribution is 7.80. The molecule has 264 valence electrons. The molecule has 4 heterocycles. The van der Waals surface area contributed by atoms with Crippen molar-refractivity contribution in [3.8, 4) is 16.9 Å². The number of nitrogens with zero attached hydrogens (tertiary/aromatic N) is 5. The van der Waals surface area contributed by atoms with Crippen molar-refractivity contribution >= 4 is 50.4 Å². The molecule has 2 aliphatic heterocycles. The van der Waals surface area contributed by atoms with E-state index in [1.54, 1.807) is 6.07 Å². The number of carboxylic acid groups (broad SMARTS) is 1. The number of aryl methyl sites for hydroxylation is 3. The third-order valence-corrected chi connectivity index (χ3v) is 9.43. The van der Waals surface area contributed by atoms with E-state index in [0.717, 1.165) is 41.0 Å². The number of aromatic nitrogens is 3. The van der Waals surface area contributed by atoms with E-state index in [9.17, 15) is 27.9 Å². The summed E-state index contributed by atoms with van der Waals surface area (Å²) in [5.41, 5.74) is 10.2. The highest BCUT2D eigenvalue weighted by atomic mass is 32.3. The van der Waals surface area contributed by atoms with Crippen LogP contribution in [0.2, 0.25) is 0 Å². The molecule has 0 saturated carbocycles. The van der Waals surface area contributed by atoms with Crippen LogP contribution in [0.15, 0.2) is 41.1 Å². The van der Waals surface area contributed by atoms with Gasteiger partial charge < -0.3 is 31.5 Å². The zero-order valence-corrected chi connectivity index (χ0v) is 28.7. The second-order valence-corrected chi connectivity index (χ2v) is 14.2. The number of benzene rings is 1. The molecule has 0 spiro atoms. The molecule has 49 heavy (non-hydrogen) atoms. The molecule has 2 aromatic heterocycles.